The van der Waals surface area contributed by atoms with Gasteiger partial charge in [-0.15, -0.1) is 0 Å². The molecule has 0 atom stereocenters. The van der Waals surface area contributed by atoms with Gasteiger partial charge in [0.1, 0.15) is 11.2 Å². The van der Waals surface area contributed by atoms with Gasteiger partial charge in [0.25, 0.3) is 0 Å². The number of benzene rings is 8. The summed E-state index contributed by atoms with van der Waals surface area (Å²) in [6.07, 6.45) is 0. The molecule has 0 radical (unpaired) electrons. The van der Waals surface area contributed by atoms with Gasteiger partial charge in [-0.1, -0.05) is 152 Å². The lowest BCUT2D eigenvalue weighted by Gasteiger charge is -2.30. The zero-order valence-electron chi connectivity index (χ0n) is 26.3. The fraction of sp³-hybridized carbons (Fsp3) is 0. The van der Waals surface area contributed by atoms with Crippen LogP contribution in [0.4, 0.5) is 17.1 Å². The summed E-state index contributed by atoms with van der Waals surface area (Å²) in [5.74, 6) is 0. The van der Waals surface area contributed by atoms with Crippen LogP contribution < -0.4 is 4.90 Å². The first-order valence-corrected chi connectivity index (χ1v) is 16.4. The van der Waals surface area contributed by atoms with Crippen LogP contribution in [-0.2, 0) is 0 Å². The lowest BCUT2D eigenvalue weighted by molar-refractivity contribution is 0.669. The van der Waals surface area contributed by atoms with E-state index in [2.05, 4.69) is 181 Å². The van der Waals surface area contributed by atoms with Crippen molar-refractivity contribution in [1.82, 2.24) is 0 Å². The summed E-state index contributed by atoms with van der Waals surface area (Å²) in [7, 11) is 0. The van der Waals surface area contributed by atoms with Crippen LogP contribution in [0.25, 0.3) is 66.1 Å². The van der Waals surface area contributed by atoms with Gasteiger partial charge in [-0.2, -0.15) is 0 Å². The smallest absolute Gasteiger partial charge is 0.136 e. The summed E-state index contributed by atoms with van der Waals surface area (Å²) in [5, 5.41) is 4.71. The van der Waals surface area contributed by atoms with Crippen LogP contribution in [0, 0.1) is 0 Å². The van der Waals surface area contributed by atoms with Crippen LogP contribution in [-0.4, -0.2) is 0 Å². The van der Waals surface area contributed by atoms with E-state index in [4.69, 9.17) is 4.42 Å². The number of furan rings is 1. The summed E-state index contributed by atoms with van der Waals surface area (Å²) in [4.78, 5) is 2.41. The highest BCUT2D eigenvalue weighted by Gasteiger charge is 2.23. The zero-order valence-corrected chi connectivity index (χ0v) is 26.3. The first-order chi connectivity index (χ1) is 23.8. The lowest BCUT2D eigenvalue weighted by atomic mass is 9.90. The summed E-state index contributed by atoms with van der Waals surface area (Å²) in [5.41, 5.74) is 12.1. The number of para-hydroxylation sites is 4. The van der Waals surface area contributed by atoms with Crippen LogP contribution >= 0.6 is 0 Å². The average Bonchev–Trinajstić information content (AvgIpc) is 3.55. The van der Waals surface area contributed by atoms with Crippen LogP contribution in [0.1, 0.15) is 0 Å². The number of nitrogens with zero attached hydrogens (tertiary/aromatic N) is 1. The third kappa shape index (κ3) is 4.66. The largest absolute Gasteiger partial charge is 0.456 e. The molecule has 0 aliphatic heterocycles. The van der Waals surface area contributed by atoms with Gasteiger partial charge in [0, 0.05) is 27.6 Å². The minimum atomic E-state index is 0.888. The Balaban J connectivity index is 1.32. The molecule has 0 aliphatic carbocycles. The molecular weight excluding hydrogens is 583 g/mol. The van der Waals surface area contributed by atoms with Gasteiger partial charge in [0.2, 0.25) is 0 Å². The van der Waals surface area contributed by atoms with Crippen molar-refractivity contribution in [2.24, 2.45) is 0 Å². The van der Waals surface area contributed by atoms with Crippen molar-refractivity contribution in [3.8, 4) is 33.4 Å². The number of hydrogen-bond donors (Lipinski definition) is 0. The van der Waals surface area contributed by atoms with Crippen molar-refractivity contribution < 1.29 is 4.42 Å². The van der Waals surface area contributed by atoms with Crippen LogP contribution in [0.2, 0.25) is 0 Å². The maximum Gasteiger partial charge on any atom is 0.136 e. The predicted molar refractivity (Wildman–Crippen MR) is 202 cm³/mol. The third-order valence-corrected chi connectivity index (χ3v) is 9.28. The quantitative estimate of drug-likeness (QED) is 0.185. The predicted octanol–water partition coefficient (Wildman–Crippen LogP) is 13.2. The molecule has 1 aromatic heterocycles. The van der Waals surface area contributed by atoms with Gasteiger partial charge < -0.3 is 9.32 Å². The second-order valence-corrected chi connectivity index (χ2v) is 12.1. The van der Waals surface area contributed by atoms with Crippen LogP contribution in [0.15, 0.2) is 192 Å². The van der Waals surface area contributed by atoms with Crippen molar-refractivity contribution >= 4 is 49.8 Å². The fourth-order valence-corrected chi connectivity index (χ4v) is 7.20. The molecule has 2 heteroatoms. The molecule has 0 spiro atoms. The van der Waals surface area contributed by atoms with Crippen molar-refractivity contribution in [1.29, 1.82) is 0 Å². The monoisotopic (exact) mass is 613 g/mol. The zero-order chi connectivity index (χ0) is 31.9. The topological polar surface area (TPSA) is 16.4 Å². The van der Waals surface area contributed by atoms with E-state index in [1.165, 1.54) is 27.5 Å². The Hall–Kier alpha value is -6.38. The Morgan fingerprint density at radius 2 is 0.833 bits per heavy atom. The molecule has 1 heterocycles. The minimum Gasteiger partial charge on any atom is -0.456 e. The molecule has 2 nitrogen and oxygen atoms in total. The molecule has 0 fully saturated rings. The Kier molecular flexibility index (Phi) is 6.84. The molecule has 0 saturated heterocycles. The molecule has 0 amide bonds. The van der Waals surface area contributed by atoms with Crippen molar-refractivity contribution in [3.63, 3.8) is 0 Å². The van der Waals surface area contributed by atoms with Gasteiger partial charge >= 0.3 is 0 Å². The highest BCUT2D eigenvalue weighted by molar-refractivity contribution is 6.14. The van der Waals surface area contributed by atoms with Gasteiger partial charge in [0.15, 0.2) is 0 Å². The maximum absolute atomic E-state index is 6.34. The molecule has 0 aliphatic rings. The summed E-state index contributed by atoms with van der Waals surface area (Å²) >= 11 is 0. The van der Waals surface area contributed by atoms with Crippen molar-refractivity contribution in [2.75, 3.05) is 4.90 Å². The van der Waals surface area contributed by atoms with Gasteiger partial charge in [-0.25, -0.2) is 0 Å². The lowest BCUT2D eigenvalue weighted by Crippen LogP contribution is -2.12. The molecule has 8 aromatic carbocycles. The first kappa shape index (κ1) is 27.9. The molecular formula is C46H31NO. The summed E-state index contributed by atoms with van der Waals surface area (Å²) < 4.78 is 6.34. The standard InChI is InChI=1S/C46H31NO/c1-3-16-32(17-4-1)35-25-13-18-33-19-14-26-38(45(33)35)36-22-7-10-28-41(36)47(34-20-5-2-6-21-34)42-29-11-8-23-37(42)39-27-15-31-44-46(39)40-24-9-12-30-43(40)48-44/h1-31H. The van der Waals surface area contributed by atoms with E-state index in [9.17, 15) is 0 Å². The summed E-state index contributed by atoms with van der Waals surface area (Å²) in [6.45, 7) is 0. The highest BCUT2D eigenvalue weighted by Crippen LogP contribution is 2.48. The Morgan fingerprint density at radius 1 is 0.333 bits per heavy atom. The van der Waals surface area contributed by atoms with E-state index in [0.717, 1.165) is 55.7 Å². The Labute approximate surface area is 279 Å². The molecule has 0 unspecified atom stereocenters. The molecule has 0 saturated carbocycles. The maximum atomic E-state index is 6.34. The number of anilines is 3. The van der Waals surface area contributed by atoms with E-state index < -0.39 is 0 Å². The molecule has 48 heavy (non-hydrogen) atoms. The highest BCUT2D eigenvalue weighted by atomic mass is 16.3. The second kappa shape index (κ2) is 11.8. The van der Waals surface area contributed by atoms with Crippen molar-refractivity contribution in [2.45, 2.75) is 0 Å². The molecule has 0 bridgehead atoms. The van der Waals surface area contributed by atoms with E-state index in [1.54, 1.807) is 0 Å². The average molecular weight is 614 g/mol. The normalized spacial score (nSPS) is 11.3. The molecule has 0 N–H and O–H groups in total. The molecule has 9 aromatic rings. The van der Waals surface area contributed by atoms with E-state index in [0.29, 0.717) is 0 Å². The fourth-order valence-electron chi connectivity index (χ4n) is 7.20. The van der Waals surface area contributed by atoms with Crippen molar-refractivity contribution in [3.05, 3.63) is 188 Å². The molecule has 9 rings (SSSR count). The van der Waals surface area contributed by atoms with Gasteiger partial charge in [-0.3, -0.25) is 0 Å². The van der Waals surface area contributed by atoms with E-state index in [1.807, 2.05) is 12.1 Å². The Bertz CT molecular complexity index is 2560. The van der Waals surface area contributed by atoms with Crippen LogP contribution in [0.3, 0.4) is 0 Å². The SMILES string of the molecule is c1ccc(-c2cccc3cccc(-c4ccccc4N(c4ccccc4)c4ccccc4-c4cccc5oc6ccccc6c45)c23)cc1. The molecule has 226 valence electrons. The first-order valence-electron chi connectivity index (χ1n) is 16.4. The number of hydrogen-bond acceptors (Lipinski definition) is 2. The van der Waals surface area contributed by atoms with E-state index >= 15 is 0 Å². The summed E-state index contributed by atoms with van der Waals surface area (Å²) in [6, 6.07) is 66.9. The van der Waals surface area contributed by atoms with E-state index in [-0.39, 0.29) is 0 Å². The van der Waals surface area contributed by atoms with Crippen LogP contribution in [0.5, 0.6) is 0 Å². The van der Waals surface area contributed by atoms with Gasteiger partial charge in [-0.05, 0) is 69.4 Å². The van der Waals surface area contributed by atoms with Gasteiger partial charge in [0.05, 0.1) is 11.4 Å². The number of fused-ring (bicyclic) bond motifs is 4. The number of rotatable bonds is 6. The third-order valence-electron chi connectivity index (χ3n) is 9.28. The second-order valence-electron chi connectivity index (χ2n) is 12.1. The Morgan fingerprint density at radius 3 is 1.54 bits per heavy atom. The minimum absolute atomic E-state index is 0.888.